The van der Waals surface area contributed by atoms with E-state index in [1.165, 1.54) is 24.8 Å². The number of fused-ring (bicyclic) bond motifs is 1. The molecule has 0 bridgehead atoms. The zero-order valence-corrected chi connectivity index (χ0v) is 15.4. The highest BCUT2D eigenvalue weighted by atomic mass is 16.5. The molecule has 4 rings (SSSR count). The van der Waals surface area contributed by atoms with Crippen molar-refractivity contribution in [1.82, 2.24) is 10.3 Å². The molecule has 140 valence electrons. The number of rotatable bonds is 5. The van der Waals surface area contributed by atoms with Gasteiger partial charge in [0.1, 0.15) is 11.4 Å². The number of piperidine rings is 1. The SMILES string of the molecule is C=C(CCC(=O)NN)c1ccc2c(c1)CC1(CCN(C3CCC3)CC1)O2. The molecular weight excluding hydrogens is 326 g/mol. The van der Waals surface area contributed by atoms with Crippen LogP contribution >= 0.6 is 0 Å². The standard InChI is InChI=1S/C21H29N3O2/c1-15(5-8-20(25)23-22)16-6-7-19-17(13-16)14-21(26-19)9-11-24(12-10-21)18-3-2-4-18/h6-7,13,18H,1-5,8-12,14,22H2,(H,23,25). The van der Waals surface area contributed by atoms with Gasteiger partial charge in [0.15, 0.2) is 0 Å². The molecule has 0 atom stereocenters. The van der Waals surface area contributed by atoms with E-state index < -0.39 is 0 Å². The second-order valence-electron chi connectivity index (χ2n) is 8.08. The van der Waals surface area contributed by atoms with Gasteiger partial charge in [0, 0.05) is 44.8 Å². The lowest BCUT2D eigenvalue weighted by Gasteiger charge is -2.45. The Bertz CT molecular complexity index is 703. The van der Waals surface area contributed by atoms with Gasteiger partial charge in [-0.05, 0) is 48.1 Å². The number of benzene rings is 1. The zero-order chi connectivity index (χ0) is 18.1. The average Bonchev–Trinajstić information content (AvgIpc) is 2.96. The first-order chi connectivity index (χ1) is 12.6. The van der Waals surface area contributed by atoms with E-state index in [4.69, 9.17) is 10.6 Å². The molecule has 2 heterocycles. The average molecular weight is 355 g/mol. The number of nitrogens with two attached hydrogens (primary N) is 1. The fraction of sp³-hybridized carbons (Fsp3) is 0.571. The lowest BCUT2D eigenvalue weighted by atomic mass is 9.83. The number of nitrogens with one attached hydrogen (secondary N) is 1. The summed E-state index contributed by atoms with van der Waals surface area (Å²) >= 11 is 0. The number of hydrogen-bond acceptors (Lipinski definition) is 4. The molecule has 0 aromatic heterocycles. The largest absolute Gasteiger partial charge is 0.487 e. The number of amides is 1. The summed E-state index contributed by atoms with van der Waals surface area (Å²) in [5, 5.41) is 0. The molecule has 3 N–H and O–H groups in total. The Hall–Kier alpha value is -1.85. The second-order valence-corrected chi connectivity index (χ2v) is 8.08. The molecule has 0 unspecified atom stereocenters. The van der Waals surface area contributed by atoms with Crippen molar-refractivity contribution in [3.05, 3.63) is 35.9 Å². The Morgan fingerprint density at radius 3 is 2.73 bits per heavy atom. The van der Waals surface area contributed by atoms with Gasteiger partial charge in [-0.3, -0.25) is 10.2 Å². The molecule has 0 radical (unpaired) electrons. The van der Waals surface area contributed by atoms with Crippen LogP contribution in [-0.4, -0.2) is 35.5 Å². The van der Waals surface area contributed by atoms with Gasteiger partial charge >= 0.3 is 0 Å². The minimum absolute atomic E-state index is 0.0119. The van der Waals surface area contributed by atoms with Crippen LogP contribution in [0.4, 0.5) is 0 Å². The summed E-state index contributed by atoms with van der Waals surface area (Å²) in [6, 6.07) is 7.16. The maximum atomic E-state index is 11.3. The maximum Gasteiger partial charge on any atom is 0.234 e. The van der Waals surface area contributed by atoms with E-state index in [-0.39, 0.29) is 11.5 Å². The van der Waals surface area contributed by atoms with Crippen molar-refractivity contribution < 1.29 is 9.53 Å². The number of carbonyl (C=O) groups is 1. The lowest BCUT2D eigenvalue weighted by molar-refractivity contribution is -0.121. The highest BCUT2D eigenvalue weighted by Crippen LogP contribution is 2.43. The number of ether oxygens (including phenoxy) is 1. The Morgan fingerprint density at radius 1 is 1.31 bits per heavy atom. The van der Waals surface area contributed by atoms with Crippen molar-refractivity contribution in [2.45, 2.75) is 63.0 Å². The van der Waals surface area contributed by atoms with Crippen LogP contribution in [0, 0.1) is 0 Å². The number of hydrazine groups is 1. The van der Waals surface area contributed by atoms with Gasteiger partial charge in [-0.15, -0.1) is 0 Å². The first-order valence-electron chi connectivity index (χ1n) is 9.82. The quantitative estimate of drug-likeness (QED) is 0.484. The molecule has 1 saturated heterocycles. The molecule has 26 heavy (non-hydrogen) atoms. The fourth-order valence-corrected chi connectivity index (χ4v) is 4.46. The Balaban J connectivity index is 1.38. The highest BCUT2D eigenvalue weighted by molar-refractivity contribution is 5.78. The zero-order valence-electron chi connectivity index (χ0n) is 15.4. The minimum atomic E-state index is -0.159. The predicted octanol–water partition coefficient (Wildman–Crippen LogP) is 2.79. The number of nitrogens with zero attached hydrogens (tertiary/aromatic N) is 1. The number of allylic oxidation sites excluding steroid dienone is 1. The fourth-order valence-electron chi connectivity index (χ4n) is 4.46. The van der Waals surface area contributed by atoms with Crippen LogP contribution in [0.3, 0.4) is 0 Å². The monoisotopic (exact) mass is 355 g/mol. The van der Waals surface area contributed by atoms with E-state index in [2.05, 4.69) is 35.1 Å². The molecule has 2 fully saturated rings. The predicted molar refractivity (Wildman–Crippen MR) is 103 cm³/mol. The van der Waals surface area contributed by atoms with Gasteiger partial charge in [0.05, 0.1) is 0 Å². The number of hydrogen-bond donors (Lipinski definition) is 2. The van der Waals surface area contributed by atoms with Gasteiger partial charge in [0.25, 0.3) is 0 Å². The highest BCUT2D eigenvalue weighted by Gasteiger charge is 2.43. The van der Waals surface area contributed by atoms with Crippen LogP contribution in [0.15, 0.2) is 24.8 Å². The van der Waals surface area contributed by atoms with E-state index in [9.17, 15) is 4.79 Å². The Kier molecular flexibility index (Phi) is 4.76. The molecule has 1 aromatic rings. The first kappa shape index (κ1) is 17.6. The summed E-state index contributed by atoms with van der Waals surface area (Å²) in [4.78, 5) is 14.0. The Morgan fingerprint density at radius 2 is 2.08 bits per heavy atom. The minimum Gasteiger partial charge on any atom is -0.487 e. The van der Waals surface area contributed by atoms with Crippen molar-refractivity contribution in [3.63, 3.8) is 0 Å². The van der Waals surface area contributed by atoms with Crippen LogP contribution in [0.2, 0.25) is 0 Å². The molecule has 1 amide bonds. The van der Waals surface area contributed by atoms with E-state index in [1.54, 1.807) is 0 Å². The van der Waals surface area contributed by atoms with Crippen LogP contribution in [-0.2, 0) is 11.2 Å². The number of likely N-dealkylation sites (tertiary alicyclic amines) is 1. The van der Waals surface area contributed by atoms with Gasteiger partial charge in [-0.1, -0.05) is 19.1 Å². The van der Waals surface area contributed by atoms with Gasteiger partial charge in [0.2, 0.25) is 5.91 Å². The molecular formula is C21H29N3O2. The third kappa shape index (κ3) is 3.38. The molecule has 3 aliphatic rings. The number of carbonyl (C=O) groups excluding carboxylic acids is 1. The van der Waals surface area contributed by atoms with Gasteiger partial charge in [-0.25, -0.2) is 5.84 Å². The van der Waals surface area contributed by atoms with Gasteiger partial charge in [-0.2, -0.15) is 0 Å². The molecule has 5 nitrogen and oxygen atoms in total. The molecule has 5 heteroatoms. The normalized spacial score (nSPS) is 21.7. The van der Waals surface area contributed by atoms with Crippen molar-refractivity contribution >= 4 is 11.5 Å². The lowest BCUT2D eigenvalue weighted by Crippen LogP contribution is -2.52. The summed E-state index contributed by atoms with van der Waals surface area (Å²) in [5.74, 6) is 6.01. The topological polar surface area (TPSA) is 67.6 Å². The third-order valence-electron chi connectivity index (χ3n) is 6.42. The second kappa shape index (κ2) is 7.05. The third-order valence-corrected chi connectivity index (χ3v) is 6.42. The summed E-state index contributed by atoms with van der Waals surface area (Å²) in [6.07, 6.45) is 8.35. The van der Waals surface area contributed by atoms with Crippen LogP contribution in [0.5, 0.6) is 5.75 Å². The Labute approximate surface area is 155 Å². The first-order valence-corrected chi connectivity index (χ1v) is 9.82. The van der Waals surface area contributed by atoms with Gasteiger partial charge < -0.3 is 9.64 Å². The summed E-state index contributed by atoms with van der Waals surface area (Å²) < 4.78 is 6.43. The molecule has 1 aliphatic carbocycles. The van der Waals surface area contributed by atoms with Crippen LogP contribution in [0.1, 0.15) is 56.1 Å². The maximum absolute atomic E-state index is 11.3. The molecule has 1 spiro atoms. The molecule has 1 saturated carbocycles. The van der Waals surface area contributed by atoms with E-state index in [0.717, 1.165) is 55.3 Å². The molecule has 1 aromatic carbocycles. The smallest absolute Gasteiger partial charge is 0.234 e. The van der Waals surface area contributed by atoms with Crippen LogP contribution in [0.25, 0.3) is 5.57 Å². The molecule has 2 aliphatic heterocycles. The van der Waals surface area contributed by atoms with Crippen LogP contribution < -0.4 is 16.0 Å². The summed E-state index contributed by atoms with van der Waals surface area (Å²) in [5.41, 5.74) is 5.51. The van der Waals surface area contributed by atoms with E-state index in [0.29, 0.717) is 12.8 Å². The summed E-state index contributed by atoms with van der Waals surface area (Å²) in [7, 11) is 0. The van der Waals surface area contributed by atoms with E-state index in [1.807, 2.05) is 0 Å². The summed E-state index contributed by atoms with van der Waals surface area (Å²) in [6.45, 7) is 6.46. The van der Waals surface area contributed by atoms with Crippen molar-refractivity contribution in [2.75, 3.05) is 13.1 Å². The van der Waals surface area contributed by atoms with E-state index >= 15 is 0 Å². The van der Waals surface area contributed by atoms with Crippen molar-refractivity contribution in [3.8, 4) is 5.75 Å². The van der Waals surface area contributed by atoms with Crippen molar-refractivity contribution in [1.29, 1.82) is 0 Å². The van der Waals surface area contributed by atoms with Crippen molar-refractivity contribution in [2.24, 2.45) is 5.84 Å².